The monoisotopic (exact) mass is 249 g/mol. The molecule has 1 aromatic heterocycles. The maximum Gasteiger partial charge on any atom is 0.188 e. The van der Waals surface area contributed by atoms with Gasteiger partial charge in [0.1, 0.15) is 5.69 Å². The topological polar surface area (TPSA) is 78.0 Å². The molecule has 98 valence electrons. The minimum Gasteiger partial charge on any atom is -0.409 e. The Balaban J connectivity index is 2.14. The van der Waals surface area contributed by atoms with Crippen molar-refractivity contribution >= 4 is 11.5 Å². The number of likely N-dealkylation sites (N-methyl/N-ethyl adjacent to an activating group) is 1. The van der Waals surface area contributed by atoms with Crippen molar-refractivity contribution in [3.63, 3.8) is 0 Å². The normalized spacial score (nSPS) is 22.2. The zero-order valence-corrected chi connectivity index (χ0v) is 10.7. The van der Waals surface area contributed by atoms with Gasteiger partial charge in [-0.25, -0.2) is 0 Å². The third-order valence-electron chi connectivity index (χ3n) is 3.28. The van der Waals surface area contributed by atoms with Crippen LogP contribution < -0.4 is 10.6 Å². The van der Waals surface area contributed by atoms with Gasteiger partial charge in [0.15, 0.2) is 5.84 Å². The first-order valence-electron chi connectivity index (χ1n) is 6.01. The molecule has 1 unspecified atom stereocenters. The van der Waals surface area contributed by atoms with Gasteiger partial charge >= 0.3 is 0 Å². The number of piperazine rings is 1. The maximum atomic E-state index is 8.58. The molecule has 0 radical (unpaired) electrons. The molecule has 6 nitrogen and oxygen atoms in total. The molecule has 1 aliphatic rings. The fraction of sp³-hybridized carbons (Fsp3) is 0.500. The summed E-state index contributed by atoms with van der Waals surface area (Å²) in [7, 11) is 2.13. The zero-order valence-electron chi connectivity index (χ0n) is 10.7. The third kappa shape index (κ3) is 2.53. The zero-order chi connectivity index (χ0) is 13.1. The number of hydrogen-bond donors (Lipinski definition) is 2. The van der Waals surface area contributed by atoms with Crippen LogP contribution in [0.2, 0.25) is 0 Å². The first kappa shape index (κ1) is 12.6. The second kappa shape index (κ2) is 5.22. The van der Waals surface area contributed by atoms with Crippen LogP contribution in [0.15, 0.2) is 23.5 Å². The Morgan fingerprint density at radius 1 is 1.50 bits per heavy atom. The highest BCUT2D eigenvalue weighted by Crippen LogP contribution is 2.19. The molecule has 2 heterocycles. The van der Waals surface area contributed by atoms with Crippen LogP contribution in [0.1, 0.15) is 12.6 Å². The SMILES string of the molecule is CC1CN(C)CCN1c1ccc(/C(N)=N/O)nc1. The molecule has 1 saturated heterocycles. The number of hydrogen-bond acceptors (Lipinski definition) is 5. The van der Waals surface area contributed by atoms with Crippen LogP contribution in [-0.4, -0.2) is 53.7 Å². The predicted molar refractivity (Wildman–Crippen MR) is 71.1 cm³/mol. The van der Waals surface area contributed by atoms with E-state index in [-0.39, 0.29) is 5.84 Å². The summed E-state index contributed by atoms with van der Waals surface area (Å²) in [6.07, 6.45) is 1.77. The molecule has 0 amide bonds. The summed E-state index contributed by atoms with van der Waals surface area (Å²) in [4.78, 5) is 8.85. The highest BCUT2D eigenvalue weighted by Gasteiger charge is 2.21. The molecular formula is C12H19N5O. The summed E-state index contributed by atoms with van der Waals surface area (Å²) in [5.41, 5.74) is 7.05. The van der Waals surface area contributed by atoms with Gasteiger partial charge in [-0.05, 0) is 26.1 Å². The van der Waals surface area contributed by atoms with E-state index in [1.54, 1.807) is 12.3 Å². The highest BCUT2D eigenvalue weighted by molar-refractivity contribution is 5.95. The van der Waals surface area contributed by atoms with E-state index < -0.39 is 0 Å². The lowest BCUT2D eigenvalue weighted by Crippen LogP contribution is -2.50. The third-order valence-corrected chi connectivity index (χ3v) is 3.28. The summed E-state index contributed by atoms with van der Waals surface area (Å²) in [5, 5.41) is 11.5. The molecule has 1 aliphatic heterocycles. The number of aromatic nitrogens is 1. The van der Waals surface area contributed by atoms with Crippen molar-refractivity contribution in [3.05, 3.63) is 24.0 Å². The van der Waals surface area contributed by atoms with E-state index in [0.29, 0.717) is 11.7 Å². The van der Waals surface area contributed by atoms with Crippen LogP contribution >= 0.6 is 0 Å². The lowest BCUT2D eigenvalue weighted by molar-refractivity contribution is 0.275. The molecule has 0 aliphatic carbocycles. The van der Waals surface area contributed by atoms with E-state index in [1.807, 2.05) is 6.07 Å². The maximum absolute atomic E-state index is 8.58. The second-order valence-electron chi connectivity index (χ2n) is 4.69. The van der Waals surface area contributed by atoms with Gasteiger partial charge in [-0.1, -0.05) is 5.16 Å². The smallest absolute Gasteiger partial charge is 0.188 e. The molecule has 2 rings (SSSR count). The average molecular weight is 249 g/mol. The number of nitrogens with zero attached hydrogens (tertiary/aromatic N) is 4. The molecule has 0 bridgehead atoms. The largest absolute Gasteiger partial charge is 0.409 e. The first-order chi connectivity index (χ1) is 8.61. The second-order valence-corrected chi connectivity index (χ2v) is 4.69. The lowest BCUT2D eigenvalue weighted by Gasteiger charge is -2.39. The van der Waals surface area contributed by atoms with E-state index in [4.69, 9.17) is 10.9 Å². The van der Waals surface area contributed by atoms with Crippen molar-refractivity contribution < 1.29 is 5.21 Å². The quantitative estimate of drug-likeness (QED) is 0.341. The van der Waals surface area contributed by atoms with Crippen LogP contribution in [0.4, 0.5) is 5.69 Å². The fourth-order valence-corrected chi connectivity index (χ4v) is 2.28. The fourth-order valence-electron chi connectivity index (χ4n) is 2.28. The molecule has 1 aromatic rings. The van der Waals surface area contributed by atoms with Crippen LogP contribution in [0, 0.1) is 0 Å². The van der Waals surface area contributed by atoms with E-state index in [0.717, 1.165) is 25.3 Å². The van der Waals surface area contributed by atoms with Gasteiger partial charge in [-0.15, -0.1) is 0 Å². The summed E-state index contributed by atoms with van der Waals surface area (Å²) < 4.78 is 0. The van der Waals surface area contributed by atoms with Gasteiger partial charge in [0, 0.05) is 25.7 Å². The van der Waals surface area contributed by atoms with Crippen molar-refractivity contribution in [1.29, 1.82) is 0 Å². The van der Waals surface area contributed by atoms with Crippen LogP contribution in [0.25, 0.3) is 0 Å². The Labute approximate surface area is 107 Å². The Kier molecular flexibility index (Phi) is 3.66. The molecule has 3 N–H and O–H groups in total. The molecular weight excluding hydrogens is 230 g/mol. The molecule has 0 spiro atoms. The van der Waals surface area contributed by atoms with E-state index >= 15 is 0 Å². The van der Waals surface area contributed by atoms with Gasteiger partial charge in [0.05, 0.1) is 11.9 Å². The Bertz CT molecular complexity index is 431. The van der Waals surface area contributed by atoms with Gasteiger partial charge in [-0.3, -0.25) is 4.98 Å². The van der Waals surface area contributed by atoms with Gasteiger partial charge in [0.25, 0.3) is 0 Å². The Morgan fingerprint density at radius 3 is 2.83 bits per heavy atom. The number of anilines is 1. The molecule has 0 aromatic carbocycles. The molecule has 6 heteroatoms. The summed E-state index contributed by atoms with van der Waals surface area (Å²) in [5.74, 6) is 0.0352. The first-order valence-corrected chi connectivity index (χ1v) is 6.01. The number of nitrogens with two attached hydrogens (primary N) is 1. The van der Waals surface area contributed by atoms with E-state index in [9.17, 15) is 0 Å². The predicted octanol–water partition coefficient (Wildman–Crippen LogP) is 0.316. The summed E-state index contributed by atoms with van der Waals surface area (Å²) >= 11 is 0. The van der Waals surface area contributed by atoms with E-state index in [2.05, 4.69) is 33.9 Å². The van der Waals surface area contributed by atoms with Crippen molar-refractivity contribution in [3.8, 4) is 0 Å². The minimum atomic E-state index is 0.0352. The van der Waals surface area contributed by atoms with Gasteiger partial charge in [0.2, 0.25) is 0 Å². The number of rotatable bonds is 2. The molecule has 1 fully saturated rings. The van der Waals surface area contributed by atoms with E-state index in [1.165, 1.54) is 0 Å². The lowest BCUT2D eigenvalue weighted by atomic mass is 10.1. The molecule has 1 atom stereocenters. The van der Waals surface area contributed by atoms with Gasteiger partial charge < -0.3 is 20.7 Å². The molecule has 0 saturated carbocycles. The Morgan fingerprint density at radius 2 is 2.28 bits per heavy atom. The van der Waals surface area contributed by atoms with Crippen molar-refractivity contribution in [2.24, 2.45) is 10.9 Å². The summed E-state index contributed by atoms with van der Waals surface area (Å²) in [6, 6.07) is 4.19. The van der Waals surface area contributed by atoms with Crippen molar-refractivity contribution in [2.75, 3.05) is 31.6 Å². The number of amidine groups is 1. The highest BCUT2D eigenvalue weighted by atomic mass is 16.4. The number of oxime groups is 1. The van der Waals surface area contributed by atoms with Gasteiger partial charge in [-0.2, -0.15) is 0 Å². The van der Waals surface area contributed by atoms with Crippen LogP contribution in [0.5, 0.6) is 0 Å². The minimum absolute atomic E-state index is 0.0352. The average Bonchev–Trinajstić information content (AvgIpc) is 2.38. The standard InChI is InChI=1S/C12H19N5O/c1-9-8-16(2)5-6-17(9)10-3-4-11(14-7-10)12(13)15-18/h3-4,7,9,18H,5-6,8H2,1-2H3,(H2,13,15). The molecule has 18 heavy (non-hydrogen) atoms. The Hall–Kier alpha value is -1.82. The summed E-state index contributed by atoms with van der Waals surface area (Å²) in [6.45, 7) is 5.28. The van der Waals surface area contributed by atoms with Crippen molar-refractivity contribution in [1.82, 2.24) is 9.88 Å². The van der Waals surface area contributed by atoms with Crippen molar-refractivity contribution in [2.45, 2.75) is 13.0 Å². The number of pyridine rings is 1. The van der Waals surface area contributed by atoms with Crippen LogP contribution in [-0.2, 0) is 0 Å². The van der Waals surface area contributed by atoms with Crippen LogP contribution in [0.3, 0.4) is 0 Å².